The molecule has 1 fully saturated rings. The van der Waals surface area contributed by atoms with Crippen molar-refractivity contribution in [1.29, 1.82) is 0 Å². The van der Waals surface area contributed by atoms with Crippen LogP contribution in [-0.4, -0.2) is 59.8 Å². The minimum Gasteiger partial charge on any atom is -0.504 e. The lowest BCUT2D eigenvalue weighted by atomic mass is 9.77. The van der Waals surface area contributed by atoms with Crippen LogP contribution in [0.15, 0.2) is 66.0 Å². The highest BCUT2D eigenvalue weighted by Gasteiger charge is 2.40. The summed E-state index contributed by atoms with van der Waals surface area (Å²) in [6, 6.07) is 13.4. The molecule has 1 saturated carbocycles. The number of hydrogen-bond acceptors (Lipinski definition) is 8. The van der Waals surface area contributed by atoms with E-state index >= 15 is 0 Å². The Morgan fingerprint density at radius 2 is 1.84 bits per heavy atom. The molecule has 1 heterocycles. The molecule has 8 nitrogen and oxygen atoms in total. The van der Waals surface area contributed by atoms with E-state index in [9.17, 15) is 24.9 Å². The Morgan fingerprint density at radius 1 is 1.02 bits per heavy atom. The third kappa shape index (κ3) is 9.35. The van der Waals surface area contributed by atoms with Crippen molar-refractivity contribution < 1.29 is 29.6 Å². The highest BCUT2D eigenvalue weighted by atomic mass is 16.5. The number of aryl methyl sites for hydroxylation is 1. The van der Waals surface area contributed by atoms with Crippen LogP contribution in [0.4, 0.5) is 0 Å². The van der Waals surface area contributed by atoms with Gasteiger partial charge in [-0.15, -0.1) is 0 Å². The number of allylic oxidation sites excluding steroid dienone is 2. The van der Waals surface area contributed by atoms with Gasteiger partial charge in [0.15, 0.2) is 29.2 Å². The van der Waals surface area contributed by atoms with Crippen LogP contribution in [-0.2, 0) is 16.0 Å². The number of ketones is 2. The molecule has 0 spiro atoms. The topological polar surface area (TPSA) is 128 Å². The second-order valence-electron chi connectivity index (χ2n) is 13.8. The number of nitrogens with one attached hydrogen (secondary N) is 2. The zero-order chi connectivity index (χ0) is 34.8. The van der Waals surface area contributed by atoms with Gasteiger partial charge in [0.05, 0.1) is 18.8 Å². The smallest absolute Gasteiger partial charge is 0.173 e. The van der Waals surface area contributed by atoms with Gasteiger partial charge in [0, 0.05) is 38.0 Å². The molecule has 8 heteroatoms. The van der Waals surface area contributed by atoms with Crippen LogP contribution in [0.1, 0.15) is 87.3 Å². The predicted molar refractivity (Wildman–Crippen MR) is 191 cm³/mol. The van der Waals surface area contributed by atoms with E-state index in [2.05, 4.69) is 41.6 Å². The third-order valence-corrected chi connectivity index (χ3v) is 10.3. The molecular formula is C41H52N2O6. The number of methoxy groups -OCH3 is 1. The molecule has 6 atom stereocenters. The Balaban J connectivity index is 1.57. The minimum atomic E-state index is -1.69. The standard InChI is InChI=1S/C41H52N2O6/c1-3-4-9-27-20-29(21-28-16-18-43-39(24-28)42-17-8-19-44)22-31-12-14-33(30-10-6-5-7-11-30)34-26-37(46)38(49-2)25-32(34)13-15-36(45)41(48)40(47)35(31)23-27/h5-7,10-11,16,24-27,29,31,33,35,41-44,46,48H,3-4,8-9,13,15,17-23H2,1-2H3. The fourth-order valence-electron chi connectivity index (χ4n) is 7.77. The highest BCUT2D eigenvalue weighted by molar-refractivity contribution is 6.06. The van der Waals surface area contributed by atoms with Gasteiger partial charge in [-0.3, -0.25) is 9.59 Å². The highest BCUT2D eigenvalue weighted by Crippen LogP contribution is 2.42. The maximum atomic E-state index is 14.1. The van der Waals surface area contributed by atoms with Crippen molar-refractivity contribution in [3.05, 3.63) is 82.7 Å². The van der Waals surface area contributed by atoms with E-state index in [-0.39, 0.29) is 43.0 Å². The molecule has 2 aromatic rings. The van der Waals surface area contributed by atoms with Gasteiger partial charge in [0.1, 0.15) is 0 Å². The van der Waals surface area contributed by atoms with Gasteiger partial charge in [-0.1, -0.05) is 74.4 Å². The minimum absolute atomic E-state index is 0.00249. The summed E-state index contributed by atoms with van der Waals surface area (Å²) in [4.78, 5) is 27.6. The lowest BCUT2D eigenvalue weighted by Crippen LogP contribution is -2.38. The summed E-state index contributed by atoms with van der Waals surface area (Å²) in [6.45, 7) is 3.72. The zero-order valence-electron chi connectivity index (χ0n) is 28.9. The number of aliphatic hydroxyl groups is 2. The summed E-state index contributed by atoms with van der Waals surface area (Å²) in [7, 11) is 1.49. The lowest BCUT2D eigenvalue weighted by Gasteiger charge is -2.26. The van der Waals surface area contributed by atoms with Crippen LogP contribution in [0, 0.1) is 35.5 Å². The summed E-state index contributed by atoms with van der Waals surface area (Å²) in [6.07, 6.45) is 9.81. The van der Waals surface area contributed by atoms with Crippen LogP contribution in [0.25, 0.3) is 0 Å². The van der Waals surface area contributed by atoms with Crippen molar-refractivity contribution in [2.24, 2.45) is 23.7 Å². The number of hydrogen-bond donors (Lipinski definition) is 5. The lowest BCUT2D eigenvalue weighted by molar-refractivity contribution is -0.142. The van der Waals surface area contributed by atoms with E-state index in [1.54, 1.807) is 12.1 Å². The van der Waals surface area contributed by atoms with E-state index in [1.807, 2.05) is 30.3 Å². The molecule has 0 saturated heterocycles. The summed E-state index contributed by atoms with van der Waals surface area (Å²) in [5, 5.41) is 38.1. The number of ether oxygens (including phenoxy) is 1. The molecule has 5 rings (SSSR count). The molecule has 5 N–H and O–H groups in total. The molecule has 0 radical (unpaired) electrons. The molecular weight excluding hydrogens is 616 g/mol. The van der Waals surface area contributed by atoms with E-state index < -0.39 is 29.5 Å². The Morgan fingerprint density at radius 3 is 2.59 bits per heavy atom. The second kappa shape index (κ2) is 17.6. The normalized spacial score (nSPS) is 25.8. The van der Waals surface area contributed by atoms with E-state index in [0.717, 1.165) is 54.6 Å². The van der Waals surface area contributed by atoms with Crippen molar-refractivity contribution in [2.75, 3.05) is 26.8 Å². The number of aliphatic hydroxyl groups excluding tert-OH is 2. The van der Waals surface area contributed by atoms with Crippen molar-refractivity contribution >= 4 is 11.6 Å². The van der Waals surface area contributed by atoms with Crippen molar-refractivity contribution in [1.82, 2.24) is 10.6 Å². The first kappa shape index (κ1) is 36.2. The maximum Gasteiger partial charge on any atom is 0.173 e. The fraction of sp³-hybridized carbons (Fsp3) is 0.512. The first-order chi connectivity index (χ1) is 23.8. The number of unbranched alkanes of at least 4 members (excludes halogenated alkanes) is 1. The number of benzene rings is 2. The fourth-order valence-corrected chi connectivity index (χ4v) is 7.77. The van der Waals surface area contributed by atoms with Crippen molar-refractivity contribution in [3.8, 4) is 23.3 Å². The van der Waals surface area contributed by atoms with Gasteiger partial charge in [0.25, 0.3) is 0 Å². The molecule has 0 amide bonds. The Bertz CT molecular complexity index is 1570. The van der Waals surface area contributed by atoms with Crippen LogP contribution in [0.3, 0.4) is 0 Å². The van der Waals surface area contributed by atoms with Gasteiger partial charge in [-0.2, -0.15) is 0 Å². The molecule has 6 unspecified atom stereocenters. The molecule has 49 heavy (non-hydrogen) atoms. The number of dihydropyridines is 1. The zero-order valence-corrected chi connectivity index (χ0v) is 28.9. The number of carbonyl (C=O) groups is 2. The van der Waals surface area contributed by atoms with Gasteiger partial charge in [-0.25, -0.2) is 0 Å². The quantitative estimate of drug-likeness (QED) is 0.120. The molecule has 2 aromatic carbocycles. The molecule has 1 aliphatic heterocycles. The molecule has 3 aliphatic rings. The Hall–Kier alpha value is -4.06. The number of aromatic hydroxyl groups is 1. The first-order valence-electron chi connectivity index (χ1n) is 18.0. The second-order valence-corrected chi connectivity index (χ2v) is 13.8. The van der Waals surface area contributed by atoms with Crippen LogP contribution >= 0.6 is 0 Å². The largest absolute Gasteiger partial charge is 0.504 e. The number of Topliss-reactive ketones (excluding diaryl/α,β-unsaturated/α-hetero) is 2. The van der Waals surface area contributed by atoms with Gasteiger partial charge in [-0.05, 0) is 90.8 Å². The van der Waals surface area contributed by atoms with E-state index in [0.29, 0.717) is 38.1 Å². The van der Waals surface area contributed by atoms with Crippen LogP contribution < -0.4 is 15.4 Å². The Kier molecular flexibility index (Phi) is 13.0. The maximum absolute atomic E-state index is 14.1. The number of rotatable bonds is 11. The monoisotopic (exact) mass is 668 g/mol. The van der Waals surface area contributed by atoms with E-state index in [4.69, 9.17) is 4.74 Å². The predicted octanol–water partition coefficient (Wildman–Crippen LogP) is 5.55. The van der Waals surface area contributed by atoms with Crippen molar-refractivity contribution in [2.45, 2.75) is 83.2 Å². The third-order valence-electron chi connectivity index (χ3n) is 10.3. The summed E-state index contributed by atoms with van der Waals surface area (Å²) in [5.41, 5.74) is 3.77. The summed E-state index contributed by atoms with van der Waals surface area (Å²) >= 11 is 0. The average molecular weight is 669 g/mol. The number of carbonyl (C=O) groups excluding carboxylic acids is 2. The summed E-state index contributed by atoms with van der Waals surface area (Å²) in [5.74, 6) is 6.77. The van der Waals surface area contributed by atoms with Crippen LogP contribution in [0.5, 0.6) is 11.5 Å². The average Bonchev–Trinajstić information content (AvgIpc) is 3.28. The van der Waals surface area contributed by atoms with Gasteiger partial charge in [0.2, 0.25) is 0 Å². The molecule has 0 bridgehead atoms. The molecule has 262 valence electrons. The summed E-state index contributed by atoms with van der Waals surface area (Å²) < 4.78 is 5.42. The van der Waals surface area contributed by atoms with Crippen molar-refractivity contribution in [3.63, 3.8) is 0 Å². The Labute approximate surface area is 291 Å². The SMILES string of the molecule is CCCCC1CC(CC2=CCNC(NCCCO)=C2)CC2C#CC(c3ccccc3)c3cc(O)c(OC)cc3CCC(=O)C(O)C(=O)C2C1. The number of fused-ring (bicyclic) bond motifs is 2. The van der Waals surface area contributed by atoms with Gasteiger partial charge < -0.3 is 30.7 Å². The van der Waals surface area contributed by atoms with E-state index in [1.165, 1.54) is 12.7 Å². The number of phenolic OH excluding ortho intramolecular Hbond substituents is 1. The number of phenols is 1. The first-order valence-corrected chi connectivity index (χ1v) is 18.0. The van der Waals surface area contributed by atoms with Gasteiger partial charge >= 0.3 is 0 Å². The van der Waals surface area contributed by atoms with Crippen LogP contribution in [0.2, 0.25) is 0 Å². The molecule has 0 aromatic heterocycles. The molecule has 2 aliphatic carbocycles.